The maximum Gasteiger partial charge on any atom is 0.416 e. The van der Waals surface area contributed by atoms with E-state index in [0.717, 1.165) is 35.2 Å². The largest absolute Gasteiger partial charge is 0.464 e. The van der Waals surface area contributed by atoms with Gasteiger partial charge in [0.25, 0.3) is 5.56 Å². The third kappa shape index (κ3) is 3.29. The molecule has 28 heavy (non-hydrogen) atoms. The Kier molecular flexibility index (Phi) is 4.59. The first-order valence-corrected chi connectivity index (χ1v) is 9.45. The van der Waals surface area contributed by atoms with E-state index in [4.69, 9.17) is 0 Å². The van der Waals surface area contributed by atoms with Crippen molar-refractivity contribution in [2.45, 2.75) is 5.16 Å². The summed E-state index contributed by atoms with van der Waals surface area (Å²) >= 11 is 0. The lowest BCUT2D eigenvalue weighted by Crippen LogP contribution is -2.32. The number of anilines is 2. The van der Waals surface area contributed by atoms with Gasteiger partial charge in [-0.1, -0.05) is 0 Å². The molecule has 3 aromatic rings. The van der Waals surface area contributed by atoms with Crippen LogP contribution in [0.25, 0.3) is 11.0 Å². The Bertz CT molecular complexity index is 1290. The summed E-state index contributed by atoms with van der Waals surface area (Å²) < 4.78 is 51.4. The van der Waals surface area contributed by atoms with Crippen LogP contribution in [0.4, 0.5) is 25.0 Å². The van der Waals surface area contributed by atoms with Crippen molar-refractivity contribution in [1.82, 2.24) is 14.5 Å². The number of amides is 1. The van der Waals surface area contributed by atoms with Crippen molar-refractivity contribution in [2.24, 2.45) is 7.05 Å². The molecule has 9 nitrogen and oxygen atoms in total. The second-order valence-corrected chi connectivity index (χ2v) is 7.72. The van der Waals surface area contributed by atoms with Crippen LogP contribution >= 0.6 is 0 Å². The van der Waals surface area contributed by atoms with Crippen molar-refractivity contribution < 1.29 is 27.1 Å². The summed E-state index contributed by atoms with van der Waals surface area (Å²) in [7, 11) is -2.50. The number of aromatic nitrogens is 3. The summed E-state index contributed by atoms with van der Waals surface area (Å²) in [5, 5.41) is 9.14. The van der Waals surface area contributed by atoms with Gasteiger partial charge in [-0.25, -0.2) is 31.9 Å². The SMILES string of the molecule is Cn1c(=O)c(N(C(=O)O)c2ccc(F)cc2F)cc2cnc(S(C)(=O)=O)nc21. The van der Waals surface area contributed by atoms with Crippen LogP contribution in [-0.4, -0.2) is 40.4 Å². The molecule has 0 spiro atoms. The minimum Gasteiger partial charge on any atom is -0.464 e. The number of rotatable bonds is 3. The molecule has 0 saturated heterocycles. The molecule has 2 aromatic heterocycles. The topological polar surface area (TPSA) is 122 Å². The fraction of sp³-hybridized carbons (Fsp3) is 0.125. The Balaban J connectivity index is 2.31. The van der Waals surface area contributed by atoms with Crippen LogP contribution in [0.1, 0.15) is 0 Å². The van der Waals surface area contributed by atoms with Crippen LogP contribution in [0, 0.1) is 11.6 Å². The molecular formula is C16H12F2N4O5S. The van der Waals surface area contributed by atoms with E-state index < -0.39 is 49.7 Å². The zero-order valence-corrected chi connectivity index (χ0v) is 15.2. The molecule has 12 heteroatoms. The smallest absolute Gasteiger partial charge is 0.416 e. The van der Waals surface area contributed by atoms with Crippen LogP contribution in [0.3, 0.4) is 0 Å². The molecular weight excluding hydrogens is 398 g/mol. The summed E-state index contributed by atoms with van der Waals surface area (Å²) in [6.45, 7) is 0. The van der Waals surface area contributed by atoms with Crippen LogP contribution < -0.4 is 10.5 Å². The zero-order valence-electron chi connectivity index (χ0n) is 14.4. The number of hydrogen-bond donors (Lipinski definition) is 1. The second-order valence-electron chi connectivity index (χ2n) is 5.81. The monoisotopic (exact) mass is 410 g/mol. The summed E-state index contributed by atoms with van der Waals surface area (Å²) in [6.07, 6.45) is 0.308. The van der Waals surface area contributed by atoms with Gasteiger partial charge in [-0.05, 0) is 18.2 Å². The first kappa shape index (κ1) is 19.4. The summed E-state index contributed by atoms with van der Waals surface area (Å²) in [4.78, 5) is 32.3. The average molecular weight is 410 g/mol. The number of carboxylic acid groups (broad SMARTS) is 1. The highest BCUT2D eigenvalue weighted by Gasteiger charge is 2.25. The fourth-order valence-corrected chi connectivity index (χ4v) is 3.05. The molecule has 1 amide bonds. The summed E-state index contributed by atoms with van der Waals surface area (Å²) in [6, 6.07) is 3.30. The zero-order chi connectivity index (χ0) is 20.8. The quantitative estimate of drug-likeness (QED) is 0.654. The van der Waals surface area contributed by atoms with Gasteiger partial charge in [-0.2, -0.15) is 4.98 Å². The Hall–Kier alpha value is -3.41. The minimum absolute atomic E-state index is 0.0610. The molecule has 0 atom stereocenters. The van der Waals surface area contributed by atoms with E-state index in [1.807, 2.05) is 0 Å². The average Bonchev–Trinajstić information content (AvgIpc) is 2.59. The molecule has 0 radical (unpaired) electrons. The third-order valence-electron chi connectivity index (χ3n) is 3.82. The lowest BCUT2D eigenvalue weighted by Gasteiger charge is -2.20. The van der Waals surface area contributed by atoms with Crippen molar-refractivity contribution in [3.8, 4) is 0 Å². The Morgan fingerprint density at radius 1 is 1.21 bits per heavy atom. The molecule has 0 aliphatic heterocycles. The highest BCUT2D eigenvalue weighted by molar-refractivity contribution is 7.90. The number of carbonyl (C=O) groups is 1. The van der Waals surface area contributed by atoms with Gasteiger partial charge >= 0.3 is 6.09 Å². The minimum atomic E-state index is -3.74. The highest BCUT2D eigenvalue weighted by atomic mass is 32.2. The van der Waals surface area contributed by atoms with Gasteiger partial charge < -0.3 is 5.11 Å². The lowest BCUT2D eigenvalue weighted by atomic mass is 10.2. The van der Waals surface area contributed by atoms with Crippen molar-refractivity contribution >= 4 is 38.3 Å². The number of fused-ring (bicyclic) bond motifs is 1. The van der Waals surface area contributed by atoms with Crippen molar-refractivity contribution in [2.75, 3.05) is 11.2 Å². The van der Waals surface area contributed by atoms with Crippen LogP contribution in [0.15, 0.2) is 40.4 Å². The Labute approximate surface area is 156 Å². The fourth-order valence-electron chi connectivity index (χ4n) is 2.55. The molecule has 146 valence electrons. The number of aryl methyl sites for hydroxylation is 1. The van der Waals surface area contributed by atoms with Crippen LogP contribution in [0.5, 0.6) is 0 Å². The maximum absolute atomic E-state index is 14.1. The molecule has 0 unspecified atom stereocenters. The number of halogens is 2. The first-order valence-electron chi connectivity index (χ1n) is 7.55. The second kappa shape index (κ2) is 6.64. The number of sulfone groups is 1. The number of pyridine rings is 1. The van der Waals surface area contributed by atoms with Crippen molar-refractivity contribution in [1.29, 1.82) is 0 Å². The molecule has 2 heterocycles. The Morgan fingerprint density at radius 3 is 2.46 bits per heavy atom. The molecule has 0 bridgehead atoms. The van der Waals surface area contributed by atoms with E-state index >= 15 is 0 Å². The maximum atomic E-state index is 14.1. The van der Waals surface area contributed by atoms with Gasteiger partial charge in [0.2, 0.25) is 15.0 Å². The first-order chi connectivity index (χ1) is 13.0. The van der Waals surface area contributed by atoms with Crippen LogP contribution in [0.2, 0.25) is 0 Å². The van der Waals surface area contributed by atoms with Gasteiger partial charge in [0.15, 0.2) is 0 Å². The normalized spacial score (nSPS) is 11.6. The molecule has 1 aromatic carbocycles. The van der Waals surface area contributed by atoms with Gasteiger partial charge in [0.1, 0.15) is 23.0 Å². The van der Waals surface area contributed by atoms with Gasteiger partial charge in [-0.3, -0.25) is 9.36 Å². The Morgan fingerprint density at radius 2 is 1.89 bits per heavy atom. The molecule has 0 aliphatic rings. The van der Waals surface area contributed by atoms with E-state index in [-0.39, 0.29) is 11.0 Å². The number of nitrogens with zero attached hydrogens (tertiary/aromatic N) is 4. The third-order valence-corrected chi connectivity index (χ3v) is 4.68. The highest BCUT2D eigenvalue weighted by Crippen LogP contribution is 2.28. The van der Waals surface area contributed by atoms with Gasteiger partial charge in [-0.15, -0.1) is 0 Å². The molecule has 0 fully saturated rings. The molecule has 3 rings (SSSR count). The van der Waals surface area contributed by atoms with Crippen molar-refractivity contribution in [3.63, 3.8) is 0 Å². The van der Waals surface area contributed by atoms with Crippen LogP contribution in [-0.2, 0) is 16.9 Å². The predicted molar refractivity (Wildman–Crippen MR) is 94.4 cm³/mol. The van der Waals surface area contributed by atoms with E-state index in [2.05, 4.69) is 9.97 Å². The lowest BCUT2D eigenvalue weighted by molar-refractivity contribution is 0.204. The predicted octanol–water partition coefficient (Wildman–Crippen LogP) is 1.83. The molecule has 0 saturated carbocycles. The summed E-state index contributed by atoms with van der Waals surface area (Å²) in [5.74, 6) is -2.10. The number of benzene rings is 1. The standard InChI is InChI=1S/C16H12F2N4O5S/c1-21-13-8(7-19-15(20-13)28(2,26)27)5-12(14(21)23)22(16(24)25)11-4-3-9(17)6-10(11)18/h3-7H,1-2H3,(H,24,25). The van der Waals surface area contributed by atoms with E-state index in [1.165, 1.54) is 7.05 Å². The van der Waals surface area contributed by atoms with E-state index in [1.54, 1.807) is 0 Å². The van der Waals surface area contributed by atoms with E-state index in [0.29, 0.717) is 11.0 Å². The molecule has 1 N–H and O–H groups in total. The van der Waals surface area contributed by atoms with Gasteiger partial charge in [0.05, 0.1) is 5.69 Å². The van der Waals surface area contributed by atoms with Gasteiger partial charge in [0, 0.05) is 31.0 Å². The van der Waals surface area contributed by atoms with E-state index in [9.17, 15) is 31.9 Å². The van der Waals surface area contributed by atoms with Crippen molar-refractivity contribution in [3.05, 3.63) is 52.5 Å². The summed E-state index contributed by atoms with van der Waals surface area (Å²) in [5.41, 5.74) is -1.98. The number of hydrogen-bond acceptors (Lipinski definition) is 6. The molecule has 0 aliphatic carbocycles.